The number of aliphatic hydroxyl groups is 6. The molecule has 1 aliphatic rings. The van der Waals surface area contributed by atoms with Crippen molar-refractivity contribution in [1.82, 2.24) is 0 Å². The van der Waals surface area contributed by atoms with Crippen LogP contribution in [0.5, 0.6) is 0 Å². The van der Waals surface area contributed by atoms with Gasteiger partial charge in [-0.3, -0.25) is 4.79 Å². The van der Waals surface area contributed by atoms with E-state index in [1.54, 1.807) is 6.08 Å². The third kappa shape index (κ3) is 27.8. The van der Waals surface area contributed by atoms with Crippen LogP contribution in [0.25, 0.3) is 0 Å². The van der Waals surface area contributed by atoms with Crippen LogP contribution < -0.4 is 0 Å². The minimum Gasteiger partial charge on any atom is -0.394 e. The number of carbonyl (C=O) groups excluding carboxylic acids is 1. The van der Waals surface area contributed by atoms with Gasteiger partial charge in [-0.15, -0.1) is 0 Å². The van der Waals surface area contributed by atoms with E-state index in [0.29, 0.717) is 12.8 Å². The summed E-state index contributed by atoms with van der Waals surface area (Å²) in [5.74, 6) is -0.867. The molecule has 1 saturated heterocycles. The lowest BCUT2D eigenvalue weighted by molar-refractivity contribution is -0.303. The monoisotopic (exact) mass is 827 g/mol. The van der Waals surface area contributed by atoms with E-state index in [1.807, 2.05) is 6.08 Å². The molecule has 1 fully saturated rings. The zero-order valence-corrected chi connectivity index (χ0v) is 37.8. The lowest BCUT2D eigenvalue weighted by Gasteiger charge is -2.40. The lowest BCUT2D eigenvalue weighted by atomic mass is 9.91. The average molecular weight is 827 g/mol. The van der Waals surface area contributed by atoms with Gasteiger partial charge in [0.05, 0.1) is 25.2 Å². The first kappa shape index (κ1) is 55.1. The maximum absolute atomic E-state index is 13.5. The molecular weight excluding hydrogens is 733 g/mol. The van der Waals surface area contributed by atoms with Crippen LogP contribution in [-0.4, -0.2) is 92.5 Å². The van der Waals surface area contributed by atoms with Crippen LogP contribution in [-0.2, 0) is 14.3 Å². The van der Waals surface area contributed by atoms with Gasteiger partial charge in [-0.2, -0.15) is 0 Å². The van der Waals surface area contributed by atoms with Crippen molar-refractivity contribution in [2.45, 2.75) is 269 Å². The summed E-state index contributed by atoms with van der Waals surface area (Å²) in [6, 6.07) is 0. The van der Waals surface area contributed by atoms with Gasteiger partial charge in [0, 0.05) is 0 Å². The first-order valence-electron chi connectivity index (χ1n) is 24.6. The highest BCUT2D eigenvalue weighted by Gasteiger charge is 2.44. The molecule has 6 N–H and O–H groups in total. The molecule has 0 bridgehead atoms. The summed E-state index contributed by atoms with van der Waals surface area (Å²) in [6.07, 6.45) is 32.7. The first-order valence-corrected chi connectivity index (χ1v) is 24.6. The molecule has 0 spiro atoms. The highest BCUT2D eigenvalue weighted by Crippen LogP contribution is 2.24. The van der Waals surface area contributed by atoms with Gasteiger partial charge < -0.3 is 40.1 Å². The van der Waals surface area contributed by atoms with E-state index in [-0.39, 0.29) is 6.61 Å². The molecule has 9 heteroatoms. The molecule has 0 aliphatic carbocycles. The molecule has 1 rings (SSSR count). The number of hydrogen-bond donors (Lipinski definition) is 6. The smallest absolute Gasteiger partial charge is 0.186 e. The minimum absolute atomic E-state index is 0.294. The molecule has 58 heavy (non-hydrogen) atoms. The Balaban J connectivity index is 2.36. The zero-order chi connectivity index (χ0) is 42.6. The Morgan fingerprint density at radius 1 is 0.586 bits per heavy atom. The van der Waals surface area contributed by atoms with Crippen LogP contribution in [0.2, 0.25) is 0 Å². The van der Waals surface area contributed by atoms with Crippen molar-refractivity contribution in [1.29, 1.82) is 0 Å². The molecule has 9 nitrogen and oxygen atoms in total. The molecule has 0 aromatic heterocycles. The third-order valence-electron chi connectivity index (χ3n) is 12.2. The quantitative estimate of drug-likeness (QED) is 0.0261. The van der Waals surface area contributed by atoms with Crippen molar-refractivity contribution < 1.29 is 44.9 Å². The number of hydrogen-bond acceptors (Lipinski definition) is 9. The maximum Gasteiger partial charge on any atom is 0.186 e. The maximum atomic E-state index is 13.5. The molecule has 0 aromatic carbocycles. The molecule has 0 amide bonds. The predicted octanol–water partition coefficient (Wildman–Crippen LogP) is 10.4. The van der Waals surface area contributed by atoms with Crippen molar-refractivity contribution in [3.8, 4) is 0 Å². The van der Waals surface area contributed by atoms with Gasteiger partial charge in [0.1, 0.15) is 30.5 Å². The minimum atomic E-state index is -1.62. The van der Waals surface area contributed by atoms with Crippen LogP contribution >= 0.6 is 0 Å². The van der Waals surface area contributed by atoms with Crippen LogP contribution in [0.3, 0.4) is 0 Å². The topological polar surface area (TPSA) is 157 Å². The molecule has 1 aliphatic heterocycles. The molecule has 1 heterocycles. The summed E-state index contributed by atoms with van der Waals surface area (Å²) in [6.45, 7) is 5.86. The Bertz CT molecular complexity index is 943. The molecule has 344 valence electrons. The molecule has 0 radical (unpaired) electrons. The fourth-order valence-corrected chi connectivity index (χ4v) is 8.16. The van der Waals surface area contributed by atoms with E-state index in [2.05, 4.69) is 20.8 Å². The summed E-state index contributed by atoms with van der Waals surface area (Å²) in [7, 11) is 0. The SMILES string of the molecule is CCCCCCCCCCCCCCCCCCCCCC[C@@H](O)C(=O)[C@@H](CO[C@@H]1O[C@H](CO)[C@H](O)[C@H](O)[C@H]1O)[C@H](O)/C=C/CCCCCCCCCCCC(C)C. The summed E-state index contributed by atoms with van der Waals surface area (Å²) >= 11 is 0. The van der Waals surface area contributed by atoms with Crippen molar-refractivity contribution in [2.24, 2.45) is 11.8 Å². The van der Waals surface area contributed by atoms with Crippen molar-refractivity contribution in [3.05, 3.63) is 12.2 Å². The summed E-state index contributed by atoms with van der Waals surface area (Å²) in [5.41, 5.74) is 0. The highest BCUT2D eigenvalue weighted by molar-refractivity contribution is 5.86. The van der Waals surface area contributed by atoms with Gasteiger partial charge in [-0.1, -0.05) is 219 Å². The number of ether oxygens (including phenoxy) is 2. The summed E-state index contributed by atoms with van der Waals surface area (Å²) in [4.78, 5) is 13.5. The van der Waals surface area contributed by atoms with E-state index in [1.165, 1.54) is 154 Å². The number of allylic oxidation sites excluding steroid dienone is 1. The Morgan fingerprint density at radius 3 is 1.43 bits per heavy atom. The van der Waals surface area contributed by atoms with E-state index in [4.69, 9.17) is 9.47 Å². The van der Waals surface area contributed by atoms with Crippen molar-refractivity contribution >= 4 is 5.78 Å². The Labute approximate surface area is 356 Å². The van der Waals surface area contributed by atoms with Crippen molar-refractivity contribution in [2.75, 3.05) is 13.2 Å². The third-order valence-corrected chi connectivity index (χ3v) is 12.2. The van der Waals surface area contributed by atoms with E-state index >= 15 is 0 Å². The van der Waals surface area contributed by atoms with Crippen LogP contribution in [0.15, 0.2) is 12.2 Å². The second-order valence-electron chi connectivity index (χ2n) is 18.1. The summed E-state index contributed by atoms with van der Waals surface area (Å²) < 4.78 is 11.1. The van der Waals surface area contributed by atoms with E-state index < -0.39 is 61.2 Å². The predicted molar refractivity (Wildman–Crippen MR) is 238 cm³/mol. The van der Waals surface area contributed by atoms with Gasteiger partial charge in [0.25, 0.3) is 0 Å². The lowest BCUT2D eigenvalue weighted by Crippen LogP contribution is -2.59. The van der Waals surface area contributed by atoms with Gasteiger partial charge in [0.15, 0.2) is 12.1 Å². The molecular formula is C49H94O9. The molecule has 0 saturated carbocycles. The van der Waals surface area contributed by atoms with Crippen molar-refractivity contribution in [3.63, 3.8) is 0 Å². The standard InChI is InChI=1S/C49H94O9/c1-4-5-6-7-8-9-10-11-12-13-14-15-16-17-18-21-25-28-31-34-37-43(52)45(53)41(39-57-49-48(56)47(55)46(54)44(38-50)58-49)42(51)36-33-30-27-24-22-19-20-23-26-29-32-35-40(2)3/h33,36,40-44,46-52,54-56H,4-32,34-35,37-39H2,1-3H3/b36-33+/t41-,42+,43+,44+,46-,47-,48+,49+/m0/s1. The van der Waals surface area contributed by atoms with Crippen LogP contribution in [0.1, 0.15) is 226 Å². The number of rotatable bonds is 41. The fourth-order valence-electron chi connectivity index (χ4n) is 8.16. The Kier molecular flexibility index (Phi) is 35.9. The van der Waals surface area contributed by atoms with Gasteiger partial charge in [0.2, 0.25) is 0 Å². The van der Waals surface area contributed by atoms with Gasteiger partial charge in [-0.25, -0.2) is 0 Å². The highest BCUT2D eigenvalue weighted by atomic mass is 16.7. The second-order valence-corrected chi connectivity index (χ2v) is 18.1. The number of ketones is 1. The normalized spacial score (nSPS) is 21.6. The Morgan fingerprint density at radius 2 is 1.00 bits per heavy atom. The largest absolute Gasteiger partial charge is 0.394 e. The van der Waals surface area contributed by atoms with Gasteiger partial charge in [-0.05, 0) is 25.2 Å². The number of aliphatic hydroxyl groups excluding tert-OH is 6. The Hall–Kier alpha value is -0.910. The van der Waals surface area contributed by atoms with Gasteiger partial charge >= 0.3 is 0 Å². The first-order chi connectivity index (χ1) is 28.1. The number of unbranched alkanes of at least 4 members (excludes halogenated alkanes) is 28. The van der Waals surface area contributed by atoms with E-state index in [9.17, 15) is 35.4 Å². The average Bonchev–Trinajstić information content (AvgIpc) is 3.21. The summed E-state index contributed by atoms with van der Waals surface area (Å²) in [5, 5.41) is 62.3. The zero-order valence-electron chi connectivity index (χ0n) is 37.8. The van der Waals surface area contributed by atoms with Crippen LogP contribution in [0, 0.1) is 11.8 Å². The van der Waals surface area contributed by atoms with E-state index in [0.717, 1.165) is 44.4 Å². The molecule has 0 aromatic rings. The van der Waals surface area contributed by atoms with Crippen LogP contribution in [0.4, 0.5) is 0 Å². The fraction of sp³-hybridized carbons (Fsp3) is 0.939. The second kappa shape index (κ2) is 37.8. The number of Topliss-reactive ketones (excluding diaryl/α,β-unsaturated/α-hetero) is 1. The molecule has 0 unspecified atom stereocenters. The molecule has 8 atom stereocenters. The number of carbonyl (C=O) groups is 1.